The third-order valence-corrected chi connectivity index (χ3v) is 4.36. The molecule has 1 aliphatic heterocycles. The fourth-order valence-electron chi connectivity index (χ4n) is 3.12. The van der Waals surface area contributed by atoms with Crippen LogP contribution in [0.25, 0.3) is 0 Å². The summed E-state index contributed by atoms with van der Waals surface area (Å²) >= 11 is 0. The zero-order valence-electron chi connectivity index (χ0n) is 13.9. The Balaban J connectivity index is 0.00000220. The number of ether oxygens (including phenoxy) is 1. The van der Waals surface area contributed by atoms with E-state index < -0.39 is 0 Å². The first-order valence-electron chi connectivity index (χ1n) is 7.57. The SMILES string of the molecule is COCCN1CN(C(C)C)CC2=C1CC(C)(C)CC2=O.Cl. The molecule has 0 aromatic heterocycles. The van der Waals surface area contributed by atoms with E-state index in [1.165, 1.54) is 5.70 Å². The van der Waals surface area contributed by atoms with Crippen LogP contribution >= 0.6 is 12.4 Å². The predicted molar refractivity (Wildman–Crippen MR) is 87.6 cm³/mol. The van der Waals surface area contributed by atoms with E-state index in [0.29, 0.717) is 24.9 Å². The van der Waals surface area contributed by atoms with Crippen LogP contribution in [0.3, 0.4) is 0 Å². The first-order valence-corrected chi connectivity index (χ1v) is 7.57. The normalized spacial score (nSPS) is 22.4. The van der Waals surface area contributed by atoms with Gasteiger partial charge < -0.3 is 9.64 Å². The third-order valence-electron chi connectivity index (χ3n) is 4.36. The molecule has 0 aromatic rings. The Morgan fingerprint density at radius 2 is 1.95 bits per heavy atom. The lowest BCUT2D eigenvalue weighted by Crippen LogP contribution is -2.51. The Hall–Kier alpha value is -0.580. The van der Waals surface area contributed by atoms with Gasteiger partial charge in [-0.25, -0.2) is 0 Å². The van der Waals surface area contributed by atoms with Crippen LogP contribution in [0.5, 0.6) is 0 Å². The molecule has 2 aliphatic rings. The average molecular weight is 317 g/mol. The summed E-state index contributed by atoms with van der Waals surface area (Å²) in [4.78, 5) is 17.2. The van der Waals surface area contributed by atoms with E-state index in [1.54, 1.807) is 7.11 Å². The van der Waals surface area contributed by atoms with Crippen molar-refractivity contribution in [2.45, 2.75) is 46.6 Å². The summed E-state index contributed by atoms with van der Waals surface area (Å²) in [7, 11) is 1.73. The highest BCUT2D eigenvalue weighted by atomic mass is 35.5. The number of hydrogen-bond acceptors (Lipinski definition) is 4. The molecule has 0 bridgehead atoms. The largest absolute Gasteiger partial charge is 0.383 e. The van der Waals surface area contributed by atoms with Crippen LogP contribution < -0.4 is 0 Å². The maximum atomic E-state index is 12.5. The van der Waals surface area contributed by atoms with Gasteiger partial charge in [0.15, 0.2) is 5.78 Å². The molecular weight excluding hydrogens is 288 g/mol. The molecule has 122 valence electrons. The zero-order valence-corrected chi connectivity index (χ0v) is 14.8. The van der Waals surface area contributed by atoms with Crippen molar-refractivity contribution in [2.24, 2.45) is 5.41 Å². The van der Waals surface area contributed by atoms with Crippen LogP contribution in [0, 0.1) is 5.41 Å². The second-order valence-corrected chi connectivity index (χ2v) is 7.10. The minimum absolute atomic E-state index is 0. The first kappa shape index (κ1) is 18.5. The quantitative estimate of drug-likeness (QED) is 0.798. The maximum absolute atomic E-state index is 12.5. The Morgan fingerprint density at radius 1 is 1.29 bits per heavy atom. The van der Waals surface area contributed by atoms with Gasteiger partial charge in [-0.1, -0.05) is 13.8 Å². The lowest BCUT2D eigenvalue weighted by molar-refractivity contribution is -0.119. The van der Waals surface area contributed by atoms with Crippen molar-refractivity contribution >= 4 is 18.2 Å². The topological polar surface area (TPSA) is 32.8 Å². The Morgan fingerprint density at radius 3 is 2.52 bits per heavy atom. The number of Topliss-reactive ketones (excluding diaryl/α,β-unsaturated/α-hetero) is 1. The minimum Gasteiger partial charge on any atom is -0.383 e. The Labute approximate surface area is 134 Å². The Kier molecular flexibility index (Phi) is 6.26. The molecule has 21 heavy (non-hydrogen) atoms. The van der Waals surface area contributed by atoms with Crippen molar-refractivity contribution < 1.29 is 9.53 Å². The van der Waals surface area contributed by atoms with E-state index in [0.717, 1.165) is 31.8 Å². The van der Waals surface area contributed by atoms with Crippen molar-refractivity contribution in [2.75, 3.05) is 33.5 Å². The standard InChI is InChI=1S/C16H28N2O2.ClH/c1-12(2)18-10-13-14(17(11-18)6-7-20-5)8-16(3,4)9-15(13)19;/h12H,6-11H2,1-5H3;1H. The highest BCUT2D eigenvalue weighted by molar-refractivity contribution is 5.98. The molecule has 0 spiro atoms. The van der Waals surface area contributed by atoms with E-state index in [-0.39, 0.29) is 17.8 Å². The van der Waals surface area contributed by atoms with Gasteiger partial charge in [0.25, 0.3) is 0 Å². The van der Waals surface area contributed by atoms with Gasteiger partial charge in [0, 0.05) is 43.9 Å². The number of rotatable bonds is 4. The van der Waals surface area contributed by atoms with Crippen molar-refractivity contribution in [3.05, 3.63) is 11.3 Å². The minimum atomic E-state index is 0. The number of allylic oxidation sites excluding steroid dienone is 1. The number of ketones is 1. The highest BCUT2D eigenvalue weighted by Gasteiger charge is 2.38. The van der Waals surface area contributed by atoms with E-state index in [4.69, 9.17) is 4.74 Å². The molecular formula is C16H29ClN2O2. The van der Waals surface area contributed by atoms with Gasteiger partial charge >= 0.3 is 0 Å². The molecule has 0 saturated heterocycles. The summed E-state index contributed by atoms with van der Waals surface area (Å²) in [6.45, 7) is 12.1. The molecule has 0 aromatic carbocycles. The van der Waals surface area contributed by atoms with E-state index >= 15 is 0 Å². The molecule has 0 atom stereocenters. The summed E-state index contributed by atoms with van der Waals surface area (Å²) in [5.41, 5.74) is 2.39. The number of halogens is 1. The predicted octanol–water partition coefficient (Wildman–Crippen LogP) is 2.68. The molecule has 2 rings (SSSR count). The van der Waals surface area contributed by atoms with Crippen LogP contribution in [0.4, 0.5) is 0 Å². The second-order valence-electron chi connectivity index (χ2n) is 7.10. The van der Waals surface area contributed by atoms with Crippen molar-refractivity contribution in [1.82, 2.24) is 9.80 Å². The molecule has 0 unspecified atom stereocenters. The Bertz CT molecular complexity index is 419. The fraction of sp³-hybridized carbons (Fsp3) is 0.812. The van der Waals surface area contributed by atoms with Crippen LogP contribution in [-0.2, 0) is 9.53 Å². The van der Waals surface area contributed by atoms with Crippen LogP contribution in [0.2, 0.25) is 0 Å². The number of methoxy groups -OCH3 is 1. The molecule has 5 heteroatoms. The van der Waals surface area contributed by atoms with Crippen molar-refractivity contribution in [1.29, 1.82) is 0 Å². The number of carbonyl (C=O) groups is 1. The van der Waals surface area contributed by atoms with Gasteiger partial charge in [0.05, 0.1) is 13.3 Å². The molecule has 1 heterocycles. The molecule has 0 fully saturated rings. The molecule has 0 N–H and O–H groups in total. The monoisotopic (exact) mass is 316 g/mol. The van der Waals surface area contributed by atoms with E-state index in [1.807, 2.05) is 0 Å². The summed E-state index contributed by atoms with van der Waals surface area (Å²) in [6, 6.07) is 0.455. The van der Waals surface area contributed by atoms with Gasteiger partial charge in [0.2, 0.25) is 0 Å². The number of carbonyl (C=O) groups excluding carboxylic acids is 1. The zero-order chi connectivity index (χ0) is 14.9. The van der Waals surface area contributed by atoms with Gasteiger partial charge in [-0.2, -0.15) is 0 Å². The summed E-state index contributed by atoms with van der Waals surface area (Å²) in [6.07, 6.45) is 1.68. The lowest BCUT2D eigenvalue weighted by Gasteiger charge is -2.46. The molecule has 4 nitrogen and oxygen atoms in total. The number of hydrogen-bond donors (Lipinski definition) is 0. The summed E-state index contributed by atoms with van der Waals surface area (Å²) in [5.74, 6) is 0.337. The third kappa shape index (κ3) is 4.21. The lowest BCUT2D eigenvalue weighted by atomic mass is 9.75. The van der Waals surface area contributed by atoms with Gasteiger partial charge in [-0.15, -0.1) is 12.4 Å². The van der Waals surface area contributed by atoms with Crippen molar-refractivity contribution in [3.8, 4) is 0 Å². The average Bonchev–Trinajstić information content (AvgIpc) is 2.34. The molecule has 1 aliphatic carbocycles. The van der Waals surface area contributed by atoms with Gasteiger partial charge in [-0.3, -0.25) is 9.69 Å². The van der Waals surface area contributed by atoms with Crippen LogP contribution in [0.1, 0.15) is 40.5 Å². The maximum Gasteiger partial charge on any atom is 0.162 e. The smallest absolute Gasteiger partial charge is 0.162 e. The summed E-state index contributed by atoms with van der Waals surface area (Å²) < 4.78 is 5.23. The first-order chi connectivity index (χ1) is 9.34. The molecule has 0 saturated carbocycles. The van der Waals surface area contributed by atoms with Gasteiger partial charge in [-0.05, 0) is 25.7 Å². The molecule has 0 amide bonds. The fourth-order valence-corrected chi connectivity index (χ4v) is 3.12. The van der Waals surface area contributed by atoms with Crippen LogP contribution in [-0.4, -0.2) is 55.1 Å². The van der Waals surface area contributed by atoms with Crippen LogP contribution in [0.15, 0.2) is 11.3 Å². The second kappa shape index (κ2) is 7.12. The highest BCUT2D eigenvalue weighted by Crippen LogP contribution is 2.40. The molecule has 0 radical (unpaired) electrons. The van der Waals surface area contributed by atoms with E-state index in [9.17, 15) is 4.79 Å². The number of nitrogens with zero attached hydrogens (tertiary/aromatic N) is 2. The van der Waals surface area contributed by atoms with E-state index in [2.05, 4.69) is 37.5 Å². The van der Waals surface area contributed by atoms with Crippen molar-refractivity contribution in [3.63, 3.8) is 0 Å². The summed E-state index contributed by atoms with van der Waals surface area (Å²) in [5, 5.41) is 0. The van der Waals surface area contributed by atoms with Gasteiger partial charge in [0.1, 0.15) is 0 Å².